The van der Waals surface area contributed by atoms with Gasteiger partial charge in [-0.1, -0.05) is 12.1 Å². The van der Waals surface area contributed by atoms with Gasteiger partial charge in [0.2, 0.25) is 6.10 Å². The van der Waals surface area contributed by atoms with Crippen LogP contribution in [0.3, 0.4) is 0 Å². The number of aryl methyl sites for hydroxylation is 1. The van der Waals surface area contributed by atoms with Crippen molar-refractivity contribution in [1.82, 2.24) is 14.9 Å². The van der Waals surface area contributed by atoms with Gasteiger partial charge in [-0.3, -0.25) is 4.79 Å². The van der Waals surface area contributed by atoms with Crippen molar-refractivity contribution in [2.45, 2.75) is 12.6 Å². The number of nitrogen functional groups attached to an aromatic ring is 1. The third-order valence-electron chi connectivity index (χ3n) is 4.22. The van der Waals surface area contributed by atoms with Gasteiger partial charge in [0.25, 0.3) is 5.91 Å². The minimum absolute atomic E-state index is 0.182. The van der Waals surface area contributed by atoms with E-state index in [2.05, 4.69) is 10.3 Å². The molecule has 7 nitrogen and oxygen atoms in total. The van der Waals surface area contributed by atoms with Crippen molar-refractivity contribution < 1.29 is 14.3 Å². The Bertz CT molecular complexity index is 951. The van der Waals surface area contributed by atoms with Crippen molar-refractivity contribution in [3.05, 3.63) is 48.3 Å². The van der Waals surface area contributed by atoms with Crippen LogP contribution in [0.1, 0.15) is 5.82 Å². The van der Waals surface area contributed by atoms with E-state index in [4.69, 9.17) is 15.2 Å². The van der Waals surface area contributed by atoms with Gasteiger partial charge in [-0.15, -0.1) is 0 Å². The molecule has 1 amide bonds. The number of aromatic nitrogens is 2. The van der Waals surface area contributed by atoms with Crippen molar-refractivity contribution in [2.75, 3.05) is 12.3 Å². The van der Waals surface area contributed by atoms with Crippen LogP contribution in [-0.2, 0) is 18.4 Å². The quantitative estimate of drug-likeness (QED) is 0.708. The second kappa shape index (κ2) is 6.01. The number of ether oxygens (including phenoxy) is 2. The summed E-state index contributed by atoms with van der Waals surface area (Å²) in [6.45, 7) is 0.480. The monoisotopic (exact) mass is 338 g/mol. The molecule has 1 atom stereocenters. The molecule has 0 spiro atoms. The molecule has 1 aromatic heterocycles. The van der Waals surface area contributed by atoms with E-state index >= 15 is 0 Å². The van der Waals surface area contributed by atoms with Crippen LogP contribution >= 0.6 is 0 Å². The number of imidazole rings is 1. The second-order valence-electron chi connectivity index (χ2n) is 5.92. The average molecular weight is 338 g/mol. The predicted molar refractivity (Wildman–Crippen MR) is 93.3 cm³/mol. The van der Waals surface area contributed by atoms with Crippen LogP contribution in [0.15, 0.2) is 42.5 Å². The fourth-order valence-corrected chi connectivity index (χ4v) is 2.85. The lowest BCUT2D eigenvalue weighted by Gasteiger charge is -2.25. The summed E-state index contributed by atoms with van der Waals surface area (Å²) < 4.78 is 13.2. The van der Waals surface area contributed by atoms with E-state index in [9.17, 15) is 4.79 Å². The number of hydrogen-bond acceptors (Lipinski definition) is 5. The number of amides is 1. The van der Waals surface area contributed by atoms with Gasteiger partial charge in [0.1, 0.15) is 12.4 Å². The number of rotatable bonds is 3. The van der Waals surface area contributed by atoms with Crippen LogP contribution in [0.5, 0.6) is 11.5 Å². The Kier molecular flexibility index (Phi) is 3.68. The largest absolute Gasteiger partial charge is 0.485 e. The van der Waals surface area contributed by atoms with E-state index in [-0.39, 0.29) is 12.5 Å². The van der Waals surface area contributed by atoms with Crippen molar-refractivity contribution in [1.29, 1.82) is 0 Å². The Morgan fingerprint density at radius 2 is 2.12 bits per heavy atom. The number of carbonyl (C=O) groups is 1. The zero-order chi connectivity index (χ0) is 17.4. The molecule has 0 saturated heterocycles. The van der Waals surface area contributed by atoms with Crippen LogP contribution in [0, 0.1) is 0 Å². The molecule has 0 radical (unpaired) electrons. The minimum Gasteiger partial charge on any atom is -0.485 e. The molecule has 2 heterocycles. The van der Waals surface area contributed by atoms with E-state index in [1.165, 1.54) is 0 Å². The Labute approximate surface area is 144 Å². The molecular formula is C18H18N4O3. The first-order chi connectivity index (χ1) is 12.1. The molecule has 3 aromatic rings. The summed E-state index contributed by atoms with van der Waals surface area (Å²) in [5, 5.41) is 2.86. The second-order valence-corrected chi connectivity index (χ2v) is 5.92. The number of nitrogens with two attached hydrogens (primary N) is 1. The Morgan fingerprint density at radius 1 is 1.32 bits per heavy atom. The summed E-state index contributed by atoms with van der Waals surface area (Å²) in [7, 11) is 1.91. The number of anilines is 1. The summed E-state index contributed by atoms with van der Waals surface area (Å²) in [6.07, 6.45) is -0.680. The molecule has 0 bridgehead atoms. The van der Waals surface area contributed by atoms with Crippen molar-refractivity contribution in [3.8, 4) is 11.5 Å². The van der Waals surface area contributed by atoms with E-state index in [0.29, 0.717) is 23.7 Å². The highest BCUT2D eigenvalue weighted by atomic mass is 16.6. The molecule has 1 aliphatic heterocycles. The van der Waals surface area contributed by atoms with Gasteiger partial charge in [0, 0.05) is 12.7 Å². The van der Waals surface area contributed by atoms with Gasteiger partial charge in [-0.25, -0.2) is 4.98 Å². The number of carbonyl (C=O) groups excluding carboxylic acids is 1. The maximum Gasteiger partial charge on any atom is 0.265 e. The molecule has 2 aromatic carbocycles. The summed E-state index contributed by atoms with van der Waals surface area (Å²) in [6, 6.07) is 12.9. The van der Waals surface area contributed by atoms with Gasteiger partial charge in [0.05, 0.1) is 17.6 Å². The zero-order valence-electron chi connectivity index (χ0n) is 13.7. The van der Waals surface area contributed by atoms with Crippen LogP contribution in [0.4, 0.5) is 5.69 Å². The third-order valence-corrected chi connectivity index (χ3v) is 4.22. The highest BCUT2D eigenvalue weighted by Gasteiger charge is 2.27. The van der Waals surface area contributed by atoms with E-state index in [1.807, 2.05) is 48.0 Å². The molecule has 0 aliphatic carbocycles. The van der Waals surface area contributed by atoms with Crippen molar-refractivity contribution >= 4 is 22.6 Å². The average Bonchev–Trinajstić information content (AvgIpc) is 2.94. The fourth-order valence-electron chi connectivity index (χ4n) is 2.85. The van der Waals surface area contributed by atoms with Crippen LogP contribution in [-0.4, -0.2) is 28.2 Å². The maximum absolute atomic E-state index is 12.4. The SMILES string of the molecule is Cn1c(CNC(=O)C2COc3ccccc3O2)nc2cc(N)ccc21. The number of benzene rings is 2. The molecule has 0 fully saturated rings. The van der Waals surface area contributed by atoms with E-state index in [1.54, 1.807) is 6.07 Å². The topological polar surface area (TPSA) is 91.4 Å². The van der Waals surface area contributed by atoms with Crippen LogP contribution < -0.4 is 20.5 Å². The summed E-state index contributed by atoms with van der Waals surface area (Å²) in [5.41, 5.74) is 8.22. The summed E-state index contributed by atoms with van der Waals surface area (Å²) >= 11 is 0. The molecule has 0 saturated carbocycles. The number of fused-ring (bicyclic) bond motifs is 2. The fraction of sp³-hybridized carbons (Fsp3) is 0.222. The standard InChI is InChI=1S/C18H18N4O3/c1-22-13-7-6-11(19)8-12(13)21-17(22)9-20-18(23)16-10-24-14-4-2-3-5-15(14)25-16/h2-8,16H,9-10,19H2,1H3,(H,20,23). The highest BCUT2D eigenvalue weighted by molar-refractivity contribution is 5.82. The van der Waals surface area contributed by atoms with Gasteiger partial charge in [0.15, 0.2) is 11.5 Å². The van der Waals surface area contributed by atoms with Gasteiger partial charge >= 0.3 is 0 Å². The minimum atomic E-state index is -0.680. The first-order valence-corrected chi connectivity index (χ1v) is 7.99. The Balaban J connectivity index is 1.45. The van der Waals surface area contributed by atoms with E-state index in [0.717, 1.165) is 16.9 Å². The maximum atomic E-state index is 12.4. The highest BCUT2D eigenvalue weighted by Crippen LogP contribution is 2.30. The molecule has 128 valence electrons. The Morgan fingerprint density at radius 3 is 2.96 bits per heavy atom. The number of nitrogens with one attached hydrogen (secondary N) is 1. The molecule has 25 heavy (non-hydrogen) atoms. The molecule has 3 N–H and O–H groups in total. The van der Waals surface area contributed by atoms with Crippen LogP contribution in [0.25, 0.3) is 11.0 Å². The first-order valence-electron chi connectivity index (χ1n) is 7.99. The summed E-state index contributed by atoms with van der Waals surface area (Å²) in [4.78, 5) is 16.9. The molecule has 7 heteroatoms. The van der Waals surface area contributed by atoms with Crippen molar-refractivity contribution in [3.63, 3.8) is 0 Å². The lowest BCUT2D eigenvalue weighted by molar-refractivity contribution is -0.130. The molecule has 1 aliphatic rings. The lowest BCUT2D eigenvalue weighted by atomic mass is 10.2. The third kappa shape index (κ3) is 2.84. The summed E-state index contributed by atoms with van der Waals surface area (Å²) in [5.74, 6) is 1.73. The first kappa shape index (κ1) is 15.3. The normalized spacial score (nSPS) is 16.0. The smallest absolute Gasteiger partial charge is 0.265 e. The van der Waals surface area contributed by atoms with E-state index < -0.39 is 6.10 Å². The number of nitrogens with zero attached hydrogens (tertiary/aromatic N) is 2. The van der Waals surface area contributed by atoms with Crippen molar-refractivity contribution in [2.24, 2.45) is 7.05 Å². The Hall–Kier alpha value is -3.22. The van der Waals surface area contributed by atoms with Gasteiger partial charge in [-0.2, -0.15) is 0 Å². The van der Waals surface area contributed by atoms with Gasteiger partial charge < -0.3 is 25.1 Å². The van der Waals surface area contributed by atoms with Gasteiger partial charge in [-0.05, 0) is 30.3 Å². The molecule has 1 unspecified atom stereocenters. The number of hydrogen-bond donors (Lipinski definition) is 2. The molecular weight excluding hydrogens is 320 g/mol. The lowest BCUT2D eigenvalue weighted by Crippen LogP contribution is -2.43. The predicted octanol–water partition coefficient (Wildman–Crippen LogP) is 1.61. The zero-order valence-corrected chi connectivity index (χ0v) is 13.7. The molecule has 4 rings (SSSR count). The van der Waals surface area contributed by atoms with Crippen LogP contribution in [0.2, 0.25) is 0 Å². The number of para-hydroxylation sites is 2.